The molecule has 0 aliphatic rings. The van der Waals surface area contributed by atoms with Gasteiger partial charge in [0, 0.05) is 5.56 Å². The first-order chi connectivity index (χ1) is 13.8. The molecule has 152 valence electrons. The van der Waals surface area contributed by atoms with Gasteiger partial charge in [-0.2, -0.15) is 0 Å². The first kappa shape index (κ1) is 20.9. The first-order valence-corrected chi connectivity index (χ1v) is 9.95. The minimum atomic E-state index is -0.342. The van der Waals surface area contributed by atoms with E-state index in [1.54, 1.807) is 19.2 Å². The lowest BCUT2D eigenvalue weighted by Gasteiger charge is -2.21. The number of halogens is 1. The van der Waals surface area contributed by atoms with E-state index in [0.29, 0.717) is 17.0 Å². The van der Waals surface area contributed by atoms with Gasteiger partial charge >= 0.3 is 0 Å². The molecule has 8 heteroatoms. The Balaban J connectivity index is 1.64. The molecule has 1 aromatic heterocycles. The van der Waals surface area contributed by atoms with Gasteiger partial charge in [0.1, 0.15) is 11.6 Å². The maximum Gasteiger partial charge on any atom is 0.277 e. The molecule has 0 saturated heterocycles. The Morgan fingerprint density at radius 3 is 2.55 bits per heavy atom. The molecule has 3 rings (SSSR count). The second kappa shape index (κ2) is 8.65. The Hall–Kier alpha value is -2.87. The molecule has 1 heterocycles. The largest absolute Gasteiger partial charge is 0.495 e. The highest BCUT2D eigenvalue weighted by molar-refractivity contribution is 7.99. The fraction of sp³-hybridized carbons (Fsp3) is 0.286. The van der Waals surface area contributed by atoms with Gasteiger partial charge in [0.25, 0.3) is 5.22 Å². The van der Waals surface area contributed by atoms with Gasteiger partial charge in [0.2, 0.25) is 11.8 Å². The van der Waals surface area contributed by atoms with E-state index >= 15 is 0 Å². The van der Waals surface area contributed by atoms with Gasteiger partial charge in [-0.3, -0.25) is 4.79 Å². The van der Waals surface area contributed by atoms with Crippen LogP contribution in [0.4, 0.5) is 10.1 Å². The summed E-state index contributed by atoms with van der Waals surface area (Å²) in [5, 5.41) is 11.0. The molecule has 1 N–H and O–H groups in total. The van der Waals surface area contributed by atoms with E-state index in [1.165, 1.54) is 12.1 Å². The zero-order chi connectivity index (χ0) is 21.0. The summed E-state index contributed by atoms with van der Waals surface area (Å²) in [6.07, 6.45) is 0. The standard InChI is InChI=1S/C21H22FN3O3S/c1-21(2,3)14-7-10-17(27-4)16(11-14)23-18(26)12-29-20-25-24-19(28-20)13-5-8-15(22)9-6-13/h5-11H,12H2,1-4H3,(H,23,26). The van der Waals surface area contributed by atoms with Crippen LogP contribution < -0.4 is 10.1 Å². The van der Waals surface area contributed by atoms with Crippen molar-refractivity contribution in [1.29, 1.82) is 0 Å². The number of carbonyl (C=O) groups is 1. The van der Waals surface area contributed by atoms with Crippen molar-refractivity contribution in [3.05, 3.63) is 53.8 Å². The molecule has 1 amide bonds. The van der Waals surface area contributed by atoms with Crippen LogP contribution in [0, 0.1) is 5.82 Å². The van der Waals surface area contributed by atoms with Crippen LogP contribution in [0.3, 0.4) is 0 Å². The number of rotatable bonds is 6. The fourth-order valence-corrected chi connectivity index (χ4v) is 3.13. The van der Waals surface area contributed by atoms with Gasteiger partial charge in [-0.1, -0.05) is 38.6 Å². The third-order valence-corrected chi connectivity index (χ3v) is 4.98. The molecule has 0 radical (unpaired) electrons. The quantitative estimate of drug-likeness (QED) is 0.576. The highest BCUT2D eigenvalue weighted by Gasteiger charge is 2.18. The van der Waals surface area contributed by atoms with E-state index in [4.69, 9.17) is 9.15 Å². The lowest BCUT2D eigenvalue weighted by molar-refractivity contribution is -0.113. The summed E-state index contributed by atoms with van der Waals surface area (Å²) in [5.41, 5.74) is 2.25. The topological polar surface area (TPSA) is 77.2 Å². The van der Waals surface area contributed by atoms with E-state index in [9.17, 15) is 9.18 Å². The van der Waals surface area contributed by atoms with Gasteiger partial charge in [-0.05, 0) is 47.4 Å². The van der Waals surface area contributed by atoms with Crippen molar-refractivity contribution in [2.45, 2.75) is 31.4 Å². The van der Waals surface area contributed by atoms with Gasteiger partial charge in [-0.15, -0.1) is 10.2 Å². The minimum absolute atomic E-state index is 0.0546. The SMILES string of the molecule is COc1ccc(C(C)(C)C)cc1NC(=O)CSc1nnc(-c2ccc(F)cc2)o1. The number of nitrogens with zero attached hydrogens (tertiary/aromatic N) is 2. The van der Waals surface area contributed by atoms with Gasteiger partial charge in [0.15, 0.2) is 0 Å². The van der Waals surface area contributed by atoms with Crippen molar-refractivity contribution in [3.8, 4) is 17.2 Å². The number of amides is 1. The second-order valence-electron chi connectivity index (χ2n) is 7.38. The van der Waals surface area contributed by atoms with Crippen LogP contribution in [0.15, 0.2) is 52.1 Å². The maximum atomic E-state index is 13.0. The molecule has 0 saturated carbocycles. The van der Waals surface area contributed by atoms with E-state index in [2.05, 4.69) is 36.3 Å². The molecule has 0 aliphatic heterocycles. The number of hydrogen-bond donors (Lipinski definition) is 1. The molecule has 0 unspecified atom stereocenters. The molecule has 0 aliphatic carbocycles. The summed E-state index contributed by atoms with van der Waals surface area (Å²) in [6.45, 7) is 6.31. The molecule has 6 nitrogen and oxygen atoms in total. The summed E-state index contributed by atoms with van der Waals surface area (Å²) in [6, 6.07) is 11.5. The summed E-state index contributed by atoms with van der Waals surface area (Å²) >= 11 is 1.12. The summed E-state index contributed by atoms with van der Waals surface area (Å²) in [5.74, 6) is 0.389. The smallest absolute Gasteiger partial charge is 0.277 e. The number of benzene rings is 2. The van der Waals surface area contributed by atoms with Crippen LogP contribution in [-0.2, 0) is 10.2 Å². The number of anilines is 1. The monoisotopic (exact) mass is 415 g/mol. The van der Waals surface area contributed by atoms with Crippen LogP contribution in [0.5, 0.6) is 5.75 Å². The predicted octanol–water partition coefficient (Wildman–Crippen LogP) is 4.91. The second-order valence-corrected chi connectivity index (χ2v) is 8.31. The number of aromatic nitrogens is 2. The van der Waals surface area contributed by atoms with Crippen molar-refractivity contribution in [3.63, 3.8) is 0 Å². The number of ether oxygens (including phenoxy) is 1. The molecule has 0 spiro atoms. The van der Waals surface area contributed by atoms with Crippen LogP contribution in [0.1, 0.15) is 26.3 Å². The molecule has 0 bridgehead atoms. The summed E-state index contributed by atoms with van der Waals surface area (Å²) in [7, 11) is 1.56. The van der Waals surface area contributed by atoms with Crippen LogP contribution >= 0.6 is 11.8 Å². The Morgan fingerprint density at radius 2 is 1.90 bits per heavy atom. The van der Waals surface area contributed by atoms with E-state index in [-0.39, 0.29) is 34.0 Å². The number of thioether (sulfide) groups is 1. The molecule has 0 fully saturated rings. The fourth-order valence-electron chi connectivity index (χ4n) is 2.56. The Kier molecular flexibility index (Phi) is 6.22. The van der Waals surface area contributed by atoms with Crippen molar-refractivity contribution in [1.82, 2.24) is 10.2 Å². The van der Waals surface area contributed by atoms with Gasteiger partial charge < -0.3 is 14.5 Å². The van der Waals surface area contributed by atoms with Crippen LogP contribution in [0.2, 0.25) is 0 Å². The average Bonchev–Trinajstić information content (AvgIpc) is 3.15. The molecular weight excluding hydrogens is 393 g/mol. The van der Waals surface area contributed by atoms with E-state index in [1.807, 2.05) is 18.2 Å². The Morgan fingerprint density at radius 1 is 1.17 bits per heavy atom. The highest BCUT2D eigenvalue weighted by Crippen LogP contribution is 2.32. The zero-order valence-electron chi connectivity index (χ0n) is 16.7. The lowest BCUT2D eigenvalue weighted by Crippen LogP contribution is -2.17. The van der Waals surface area contributed by atoms with Crippen LogP contribution in [-0.4, -0.2) is 29.0 Å². The Bertz CT molecular complexity index is 997. The summed E-state index contributed by atoms with van der Waals surface area (Å²) in [4.78, 5) is 12.4. The molecular formula is C21H22FN3O3S. The van der Waals surface area contributed by atoms with Gasteiger partial charge in [0.05, 0.1) is 18.6 Å². The number of nitrogens with one attached hydrogen (secondary N) is 1. The average molecular weight is 415 g/mol. The lowest BCUT2D eigenvalue weighted by atomic mass is 9.87. The molecule has 3 aromatic rings. The first-order valence-electron chi connectivity index (χ1n) is 8.97. The van der Waals surface area contributed by atoms with Crippen molar-refractivity contribution < 1.29 is 18.3 Å². The van der Waals surface area contributed by atoms with Gasteiger partial charge in [-0.25, -0.2) is 4.39 Å². The van der Waals surface area contributed by atoms with Crippen molar-refractivity contribution in [2.24, 2.45) is 0 Å². The third-order valence-electron chi connectivity index (χ3n) is 4.16. The van der Waals surface area contributed by atoms with Crippen LogP contribution in [0.25, 0.3) is 11.5 Å². The highest BCUT2D eigenvalue weighted by atomic mass is 32.2. The van der Waals surface area contributed by atoms with Crippen molar-refractivity contribution >= 4 is 23.4 Å². The number of carbonyl (C=O) groups excluding carboxylic acids is 1. The normalized spacial score (nSPS) is 11.3. The molecule has 29 heavy (non-hydrogen) atoms. The summed E-state index contributed by atoms with van der Waals surface area (Å²) < 4.78 is 23.9. The zero-order valence-corrected chi connectivity index (χ0v) is 17.5. The van der Waals surface area contributed by atoms with E-state index in [0.717, 1.165) is 17.3 Å². The molecule has 0 atom stereocenters. The maximum absolute atomic E-state index is 13.0. The number of methoxy groups -OCH3 is 1. The predicted molar refractivity (Wildman–Crippen MR) is 111 cm³/mol. The molecule has 2 aromatic carbocycles. The Labute approximate surface area is 172 Å². The minimum Gasteiger partial charge on any atom is -0.495 e. The van der Waals surface area contributed by atoms with E-state index < -0.39 is 0 Å². The van der Waals surface area contributed by atoms with Crippen molar-refractivity contribution in [2.75, 3.05) is 18.2 Å². The number of hydrogen-bond acceptors (Lipinski definition) is 6. The third kappa shape index (κ3) is 5.35.